The van der Waals surface area contributed by atoms with Gasteiger partial charge in [0.1, 0.15) is 15.4 Å². The minimum atomic E-state index is -0.388. The number of nitrogens with one attached hydrogen (secondary N) is 1. The Morgan fingerprint density at radius 1 is 1.05 bits per heavy atom. The molecule has 332 valence electrons. The van der Waals surface area contributed by atoms with E-state index in [-0.39, 0.29) is 56.9 Å². The molecule has 12 nitrogen and oxygen atoms in total. The Hall–Kier alpha value is -3.57. The predicted octanol–water partition coefficient (Wildman–Crippen LogP) is 7.71. The van der Waals surface area contributed by atoms with Crippen molar-refractivity contribution < 1.29 is 33.3 Å². The van der Waals surface area contributed by atoms with Crippen molar-refractivity contribution in [1.29, 1.82) is 0 Å². The highest BCUT2D eigenvalue weighted by molar-refractivity contribution is 14.1. The van der Waals surface area contributed by atoms with E-state index in [2.05, 4.69) is 118 Å². The van der Waals surface area contributed by atoms with Gasteiger partial charge in [-0.05, 0) is 74.7 Å². The van der Waals surface area contributed by atoms with Crippen LogP contribution in [-0.4, -0.2) is 115 Å². The van der Waals surface area contributed by atoms with Crippen LogP contribution in [0.15, 0.2) is 65.1 Å². The number of esters is 3. The van der Waals surface area contributed by atoms with Gasteiger partial charge in [0.05, 0.1) is 39.7 Å². The second-order valence-corrected chi connectivity index (χ2v) is 19.1. The Kier molecular flexibility index (Phi) is 15.3. The molecule has 1 aliphatic carbocycles. The summed E-state index contributed by atoms with van der Waals surface area (Å²) in [6.07, 6.45) is 10.4. The molecule has 1 spiro atoms. The van der Waals surface area contributed by atoms with E-state index in [4.69, 9.17) is 24.7 Å². The van der Waals surface area contributed by atoms with Gasteiger partial charge in [-0.1, -0.05) is 73.2 Å². The summed E-state index contributed by atoms with van der Waals surface area (Å²) >= 11 is 4.20. The summed E-state index contributed by atoms with van der Waals surface area (Å²) < 4.78 is 20.9. The molecule has 5 heterocycles. The van der Waals surface area contributed by atoms with Crippen molar-refractivity contribution in [1.82, 2.24) is 14.8 Å². The molecule has 1 saturated heterocycles. The predicted molar refractivity (Wildman–Crippen MR) is 252 cm³/mol. The molecule has 1 saturated carbocycles. The van der Waals surface area contributed by atoms with Crippen LogP contribution in [0.5, 0.6) is 5.75 Å². The Labute approximate surface area is 379 Å². The number of hydrogen-bond donors (Lipinski definition) is 2. The van der Waals surface area contributed by atoms with E-state index in [1.165, 1.54) is 38.0 Å². The van der Waals surface area contributed by atoms with E-state index in [1.807, 2.05) is 13.8 Å². The minimum Gasteiger partial charge on any atom is -0.497 e. The molecule has 0 radical (unpaired) electrons. The van der Waals surface area contributed by atoms with Gasteiger partial charge in [-0.2, -0.15) is 0 Å². The fourth-order valence-electron chi connectivity index (χ4n) is 10.5. The molecule has 61 heavy (non-hydrogen) atoms. The molecule has 4 aliphatic heterocycles. The number of hydrogen-bond acceptors (Lipinski definition) is 12. The number of rotatable bonds is 8. The molecule has 8 rings (SSSR count). The largest absolute Gasteiger partial charge is 0.497 e. The number of anilines is 1. The maximum Gasteiger partial charge on any atom is 0.314 e. The van der Waals surface area contributed by atoms with Gasteiger partial charge in [0.15, 0.2) is 0 Å². The van der Waals surface area contributed by atoms with E-state index in [1.54, 1.807) is 18.9 Å². The number of allylic oxidation sites excluding steroid dienone is 1. The number of aromatic nitrogens is 1. The summed E-state index contributed by atoms with van der Waals surface area (Å²) in [6.45, 7) is 11.3. The number of nitrogens with zero attached hydrogens (tertiary/aromatic N) is 3. The lowest BCUT2D eigenvalue weighted by atomic mass is 9.58. The van der Waals surface area contributed by atoms with Crippen LogP contribution < -0.4 is 15.4 Å². The summed E-state index contributed by atoms with van der Waals surface area (Å²) in [5.74, 6) is 0.630. The number of carbonyl (C=O) groups is 3. The lowest BCUT2D eigenvalue weighted by Gasteiger charge is -2.59. The zero-order valence-electron chi connectivity index (χ0n) is 37.2. The molecule has 1 aromatic heterocycles. The summed E-state index contributed by atoms with van der Waals surface area (Å²) in [5, 5.41) is 1.13. The van der Waals surface area contributed by atoms with Gasteiger partial charge >= 0.3 is 17.9 Å². The summed E-state index contributed by atoms with van der Waals surface area (Å²) in [5.41, 5.74) is 13.9. The number of nitrogens with two attached hydrogens (primary N) is 1. The van der Waals surface area contributed by atoms with Crippen LogP contribution in [0.4, 0.5) is 5.69 Å². The number of H-pyrrole nitrogens is 1. The van der Waals surface area contributed by atoms with Crippen LogP contribution >= 0.6 is 34.4 Å². The van der Waals surface area contributed by atoms with Crippen LogP contribution in [0.3, 0.4) is 0 Å². The Morgan fingerprint density at radius 2 is 1.82 bits per heavy atom. The highest BCUT2D eigenvalue weighted by atomic mass is 127. The quantitative estimate of drug-likeness (QED) is 0.0435. The zero-order valence-corrected chi connectivity index (χ0v) is 40.2. The number of thioether (sulfide) groups is 1. The molecular weight excluding hydrogens is 906 g/mol. The first kappa shape index (κ1) is 46.9. The molecular formula is C47H64IN5O7S. The van der Waals surface area contributed by atoms with Crippen molar-refractivity contribution in [2.45, 2.75) is 104 Å². The van der Waals surface area contributed by atoms with Crippen molar-refractivity contribution in [2.75, 3.05) is 65.7 Å². The van der Waals surface area contributed by atoms with E-state index >= 15 is 0 Å². The average molecular weight is 970 g/mol. The highest BCUT2D eigenvalue weighted by Crippen LogP contribution is 2.67. The zero-order chi connectivity index (χ0) is 44.2. The number of likely N-dealkylation sites (N-methyl/N-ethyl adjacent to an activating group) is 2. The van der Waals surface area contributed by atoms with Crippen LogP contribution in [0.1, 0.15) is 82.5 Å². The molecule has 0 bridgehead atoms. The molecule has 14 heteroatoms. The number of benzene rings is 2. The van der Waals surface area contributed by atoms with Gasteiger partial charge in [-0.3, -0.25) is 24.2 Å². The van der Waals surface area contributed by atoms with E-state index in [0.29, 0.717) is 12.2 Å². The Morgan fingerprint density at radius 3 is 2.51 bits per heavy atom. The van der Waals surface area contributed by atoms with Gasteiger partial charge in [0.2, 0.25) is 0 Å². The maximum atomic E-state index is 12.7. The van der Waals surface area contributed by atoms with Gasteiger partial charge in [0.25, 0.3) is 0 Å². The Balaban J connectivity index is 0.000000197. The van der Waals surface area contributed by atoms with Gasteiger partial charge in [-0.25, -0.2) is 0 Å². The second-order valence-electron chi connectivity index (χ2n) is 16.3. The number of alkyl halides is 1. The van der Waals surface area contributed by atoms with Gasteiger partial charge in [-0.15, -0.1) is 11.8 Å². The van der Waals surface area contributed by atoms with Crippen LogP contribution in [0, 0.1) is 5.92 Å². The normalized spacial score (nSPS) is 28.6. The van der Waals surface area contributed by atoms with E-state index < -0.39 is 0 Å². The van der Waals surface area contributed by atoms with Crippen LogP contribution in [-0.2, 0) is 40.6 Å². The van der Waals surface area contributed by atoms with Crippen molar-refractivity contribution >= 4 is 68.9 Å². The van der Waals surface area contributed by atoms with Crippen molar-refractivity contribution in [2.24, 2.45) is 11.7 Å². The lowest BCUT2D eigenvalue weighted by Crippen LogP contribution is -2.76. The second kappa shape index (κ2) is 19.9. The van der Waals surface area contributed by atoms with Gasteiger partial charge in [0, 0.05) is 90.0 Å². The molecule has 0 amide bonds. The van der Waals surface area contributed by atoms with Crippen molar-refractivity contribution in [3.05, 3.63) is 77.0 Å². The Bertz CT molecular complexity index is 2140. The number of halogens is 1. The van der Waals surface area contributed by atoms with Crippen LogP contribution in [0.2, 0.25) is 0 Å². The molecule has 5 aliphatic rings. The van der Waals surface area contributed by atoms with Crippen molar-refractivity contribution in [3.63, 3.8) is 0 Å². The fourth-order valence-corrected chi connectivity index (χ4v) is 12.9. The molecule has 3 N–H and O–H groups in total. The van der Waals surface area contributed by atoms with E-state index in [0.717, 1.165) is 84.7 Å². The van der Waals surface area contributed by atoms with E-state index in [9.17, 15) is 14.4 Å². The minimum absolute atomic E-state index is 0.0968. The summed E-state index contributed by atoms with van der Waals surface area (Å²) in [6, 6.07) is 12.6. The van der Waals surface area contributed by atoms with Crippen LogP contribution in [0.25, 0.3) is 10.9 Å². The number of carbonyl (C=O) groups excluding carboxylic acids is 3. The smallest absolute Gasteiger partial charge is 0.314 e. The highest BCUT2D eigenvalue weighted by Gasteiger charge is 2.75. The monoisotopic (exact) mass is 969 g/mol. The molecule has 6 unspecified atom stereocenters. The fraction of sp³-hybridized carbons (Fsp3) is 0.553. The number of methoxy groups -OCH3 is 3. The third-order valence-corrected chi connectivity index (χ3v) is 16.6. The number of fused-ring (bicyclic) bond motifs is 4. The molecule has 2 fully saturated rings. The number of ether oxygens (including phenoxy) is 4. The first-order valence-corrected chi connectivity index (χ1v) is 23.6. The molecule has 3 aromatic rings. The van der Waals surface area contributed by atoms with Crippen molar-refractivity contribution in [3.8, 4) is 5.75 Å². The summed E-state index contributed by atoms with van der Waals surface area (Å²) in [7, 11) is 8.80. The maximum absolute atomic E-state index is 12.7. The molecule has 7 atom stereocenters. The standard InChI is InChI=1S/C24H32N2O4S.C21H26IN3O3.C2H6/c1-5-16-7-6-8-18(24(28)30-4)23-20(15-26(2)14-16)19-13-17(9-10-21(19)25-23)31-12-11-22(27)29-3;1-12(26)28-17-14-5-4-9-25-10-8-20(19(14)25)15-7-6-13(27-3)11-16(15)24(2)21(20,22)18(17)23;1-2/h7,9-10,13,18,25H,5-6,8,11-12,14-15H2,1-4H3;4-7,11,14,17-19H,8-10,23H2,1-3H3;1-2H3/b16-7-;;/t;14?,17?,18?,19?,20-,21?;/m.1./s1. The third-order valence-electron chi connectivity index (χ3n) is 13.2. The third kappa shape index (κ3) is 8.60. The van der Waals surface area contributed by atoms with Gasteiger partial charge < -0.3 is 34.6 Å². The lowest BCUT2D eigenvalue weighted by molar-refractivity contribution is -0.155. The topological polar surface area (TPSA) is 140 Å². The summed E-state index contributed by atoms with van der Waals surface area (Å²) in [4.78, 5) is 47.8. The first-order valence-electron chi connectivity index (χ1n) is 21.6. The molecule has 2 aromatic carbocycles. The first-order chi connectivity index (χ1) is 29.3. The average Bonchev–Trinajstić information content (AvgIpc) is 3.90. The number of aromatic amines is 1. The SMILES string of the molecule is CC.CC/C1=C/CCC(C(=O)OC)c2[nH]c3ccc(SCCC(=O)OC)cc3c2CN(C)C1.COc1ccc2c(c1)N(C)C1(I)C(N)C(OC(C)=O)C3C=CCN4CC[C@]21C34.